The molecule has 1 heterocycles. The van der Waals surface area contributed by atoms with Crippen LogP contribution in [0.2, 0.25) is 0 Å². The first kappa shape index (κ1) is 16.1. The van der Waals surface area contributed by atoms with Gasteiger partial charge in [0.15, 0.2) is 6.61 Å². The van der Waals surface area contributed by atoms with Gasteiger partial charge in [-0.15, -0.1) is 0 Å². The van der Waals surface area contributed by atoms with Crippen molar-refractivity contribution in [1.82, 2.24) is 10.2 Å². The van der Waals surface area contributed by atoms with Gasteiger partial charge in [0.1, 0.15) is 0 Å². The van der Waals surface area contributed by atoms with Gasteiger partial charge in [0.2, 0.25) is 0 Å². The molecule has 0 atom stereocenters. The van der Waals surface area contributed by atoms with Crippen molar-refractivity contribution in [1.29, 1.82) is 0 Å². The Morgan fingerprint density at radius 2 is 2.13 bits per heavy atom. The molecule has 1 aliphatic heterocycles. The van der Waals surface area contributed by atoms with E-state index < -0.39 is 29.4 Å². The van der Waals surface area contributed by atoms with Gasteiger partial charge in [0, 0.05) is 25.2 Å². The monoisotopic (exact) mass is 319 g/mol. The quantitative estimate of drug-likeness (QED) is 0.369. The topological polar surface area (TPSA) is 119 Å². The third-order valence-corrected chi connectivity index (χ3v) is 3.03. The van der Waals surface area contributed by atoms with Gasteiger partial charge in [-0.3, -0.25) is 19.8 Å². The number of hydrogen-bond acceptors (Lipinski definition) is 6. The maximum absolute atomic E-state index is 11.7. The van der Waals surface area contributed by atoms with E-state index in [1.807, 2.05) is 0 Å². The molecule has 0 aromatic heterocycles. The molecule has 3 amide bonds. The highest BCUT2D eigenvalue weighted by molar-refractivity contribution is 5.97. The number of carbonyl (C=O) groups excluding carboxylic acids is 3. The van der Waals surface area contributed by atoms with Crippen LogP contribution in [0.4, 0.5) is 10.5 Å². The molecule has 9 heteroatoms. The van der Waals surface area contributed by atoms with E-state index in [1.54, 1.807) is 6.07 Å². The van der Waals surface area contributed by atoms with Crippen LogP contribution in [0.1, 0.15) is 5.56 Å². The summed E-state index contributed by atoms with van der Waals surface area (Å²) in [5, 5.41) is 13.3. The summed E-state index contributed by atoms with van der Waals surface area (Å²) in [5.41, 5.74) is 0.0843. The Morgan fingerprint density at radius 1 is 1.39 bits per heavy atom. The molecule has 23 heavy (non-hydrogen) atoms. The van der Waals surface area contributed by atoms with Crippen molar-refractivity contribution >= 4 is 29.7 Å². The number of imide groups is 1. The van der Waals surface area contributed by atoms with Crippen LogP contribution >= 0.6 is 0 Å². The molecular formula is C14H13N3O6. The minimum atomic E-state index is -0.837. The zero-order chi connectivity index (χ0) is 16.8. The number of benzene rings is 1. The lowest BCUT2D eigenvalue weighted by molar-refractivity contribution is -0.385. The van der Waals surface area contributed by atoms with Gasteiger partial charge in [-0.1, -0.05) is 12.1 Å². The highest BCUT2D eigenvalue weighted by Gasteiger charge is 2.26. The van der Waals surface area contributed by atoms with Crippen LogP contribution in [0.3, 0.4) is 0 Å². The molecule has 0 aliphatic carbocycles. The first-order valence-electron chi connectivity index (χ1n) is 6.65. The third-order valence-electron chi connectivity index (χ3n) is 3.03. The fourth-order valence-electron chi connectivity index (χ4n) is 1.92. The number of amides is 3. The third kappa shape index (κ3) is 4.13. The first-order valence-corrected chi connectivity index (χ1v) is 6.65. The maximum Gasteiger partial charge on any atom is 0.331 e. The molecule has 9 nitrogen and oxygen atoms in total. The van der Waals surface area contributed by atoms with Crippen molar-refractivity contribution in [2.24, 2.45) is 0 Å². The van der Waals surface area contributed by atoms with Gasteiger partial charge >= 0.3 is 12.0 Å². The normalized spacial score (nSPS) is 13.9. The molecular weight excluding hydrogens is 306 g/mol. The predicted molar refractivity (Wildman–Crippen MR) is 78.2 cm³/mol. The van der Waals surface area contributed by atoms with Crippen LogP contribution in [-0.2, 0) is 14.3 Å². The van der Waals surface area contributed by atoms with Crippen LogP contribution in [0, 0.1) is 10.1 Å². The standard InChI is InChI=1S/C14H13N3O6/c18-12(16-8-7-15-14(16)20)9-23-13(19)6-5-10-3-1-2-4-11(10)17(21)22/h1-6H,7-9H2,(H,15,20)/b6-5+. The number of hydrogen-bond donors (Lipinski definition) is 1. The van der Waals surface area contributed by atoms with Crippen LogP contribution in [0.15, 0.2) is 30.3 Å². The second-order valence-corrected chi connectivity index (χ2v) is 4.53. The van der Waals surface area contributed by atoms with Crippen molar-refractivity contribution in [2.45, 2.75) is 0 Å². The van der Waals surface area contributed by atoms with Crippen molar-refractivity contribution in [2.75, 3.05) is 19.7 Å². The van der Waals surface area contributed by atoms with Gasteiger partial charge in [-0.05, 0) is 12.1 Å². The Bertz CT molecular complexity index is 685. The van der Waals surface area contributed by atoms with E-state index in [4.69, 9.17) is 4.74 Å². The molecule has 0 unspecified atom stereocenters. The van der Waals surface area contributed by atoms with E-state index in [2.05, 4.69) is 5.32 Å². The fourth-order valence-corrected chi connectivity index (χ4v) is 1.92. The summed E-state index contributed by atoms with van der Waals surface area (Å²) >= 11 is 0. The van der Waals surface area contributed by atoms with E-state index in [-0.39, 0.29) is 17.8 Å². The average Bonchev–Trinajstić information content (AvgIpc) is 2.97. The van der Waals surface area contributed by atoms with Gasteiger partial charge in [0.05, 0.1) is 10.5 Å². The van der Waals surface area contributed by atoms with Crippen molar-refractivity contribution < 1.29 is 24.0 Å². The maximum atomic E-state index is 11.7. The Labute approximate surface area is 130 Å². The molecule has 0 saturated carbocycles. The van der Waals surface area contributed by atoms with Gasteiger partial charge in [-0.2, -0.15) is 0 Å². The van der Waals surface area contributed by atoms with Gasteiger partial charge in [0.25, 0.3) is 11.6 Å². The Balaban J connectivity index is 1.91. The van der Waals surface area contributed by atoms with E-state index in [1.165, 1.54) is 24.3 Å². The van der Waals surface area contributed by atoms with E-state index >= 15 is 0 Å². The number of nitro benzene ring substituents is 1. The fraction of sp³-hybridized carbons (Fsp3) is 0.214. The number of carbonyl (C=O) groups is 3. The van der Waals surface area contributed by atoms with Crippen LogP contribution in [0.25, 0.3) is 6.08 Å². The molecule has 1 N–H and O–H groups in total. The number of para-hydroxylation sites is 1. The summed E-state index contributed by atoms with van der Waals surface area (Å²) in [6.07, 6.45) is 2.22. The number of nitro groups is 1. The van der Waals surface area contributed by atoms with Crippen molar-refractivity contribution in [3.63, 3.8) is 0 Å². The largest absolute Gasteiger partial charge is 0.452 e. The lowest BCUT2D eigenvalue weighted by Crippen LogP contribution is -2.37. The van der Waals surface area contributed by atoms with Crippen molar-refractivity contribution in [3.05, 3.63) is 46.0 Å². The number of esters is 1. The summed E-state index contributed by atoms with van der Waals surface area (Å²) < 4.78 is 4.72. The van der Waals surface area contributed by atoms with Gasteiger partial charge in [-0.25, -0.2) is 9.59 Å². The summed E-state index contributed by atoms with van der Waals surface area (Å²) in [5.74, 6) is -1.47. The van der Waals surface area contributed by atoms with Gasteiger partial charge < -0.3 is 10.1 Å². The Morgan fingerprint density at radius 3 is 2.78 bits per heavy atom. The van der Waals surface area contributed by atoms with Crippen LogP contribution in [0.5, 0.6) is 0 Å². The molecule has 0 radical (unpaired) electrons. The van der Waals surface area contributed by atoms with E-state index in [9.17, 15) is 24.5 Å². The highest BCUT2D eigenvalue weighted by Crippen LogP contribution is 2.18. The zero-order valence-corrected chi connectivity index (χ0v) is 11.9. The van der Waals surface area contributed by atoms with Crippen LogP contribution < -0.4 is 5.32 Å². The molecule has 1 aromatic rings. The second-order valence-electron chi connectivity index (χ2n) is 4.53. The summed E-state index contributed by atoms with van der Waals surface area (Å²) in [6.45, 7) is 0.00480. The van der Waals surface area contributed by atoms with Crippen molar-refractivity contribution in [3.8, 4) is 0 Å². The molecule has 0 bridgehead atoms. The summed E-state index contributed by atoms with van der Waals surface area (Å²) in [4.78, 5) is 45.6. The highest BCUT2D eigenvalue weighted by atomic mass is 16.6. The number of ether oxygens (including phenoxy) is 1. The average molecular weight is 319 g/mol. The second kappa shape index (κ2) is 7.16. The van der Waals surface area contributed by atoms with Crippen LogP contribution in [-0.4, -0.2) is 47.4 Å². The smallest absolute Gasteiger partial charge is 0.331 e. The number of nitrogens with zero attached hydrogens (tertiary/aromatic N) is 2. The minimum absolute atomic E-state index is 0.152. The predicted octanol–water partition coefficient (Wildman–Crippen LogP) is 0.703. The zero-order valence-electron chi connectivity index (χ0n) is 11.9. The molecule has 1 aromatic carbocycles. The summed E-state index contributed by atoms with van der Waals surface area (Å²) in [7, 11) is 0. The molecule has 2 rings (SSSR count). The van der Waals surface area contributed by atoms with E-state index in [0.29, 0.717) is 6.54 Å². The minimum Gasteiger partial charge on any atom is -0.452 e. The number of urea groups is 1. The number of rotatable bonds is 5. The number of nitrogens with one attached hydrogen (secondary N) is 1. The SMILES string of the molecule is O=C(/C=C/c1ccccc1[N+](=O)[O-])OCC(=O)N1CCNC1=O. The lowest BCUT2D eigenvalue weighted by Gasteiger charge is -2.11. The molecule has 1 aliphatic rings. The first-order chi connectivity index (χ1) is 11.0. The van der Waals surface area contributed by atoms with E-state index in [0.717, 1.165) is 11.0 Å². The summed E-state index contributed by atoms with van der Waals surface area (Å²) in [6, 6.07) is 5.35. The molecule has 1 fully saturated rings. The molecule has 120 valence electrons. The molecule has 1 saturated heterocycles. The Hall–Kier alpha value is -3.23. The lowest BCUT2D eigenvalue weighted by atomic mass is 10.1. The molecule has 0 spiro atoms. The Kier molecular flexibility index (Phi) is 5.03.